The summed E-state index contributed by atoms with van der Waals surface area (Å²) in [6.45, 7) is 6.65. The van der Waals surface area contributed by atoms with E-state index >= 15 is 0 Å². The number of carbonyl (C=O) groups is 2. The van der Waals surface area contributed by atoms with E-state index in [1.54, 1.807) is 36.2 Å². The van der Waals surface area contributed by atoms with Crippen molar-refractivity contribution in [2.45, 2.75) is 39.8 Å². The Bertz CT molecular complexity index is 485. The smallest absolute Gasteiger partial charge is 0.335 e. The van der Waals surface area contributed by atoms with Gasteiger partial charge in [-0.2, -0.15) is 0 Å². The fourth-order valence-electron chi connectivity index (χ4n) is 1.90. The molecular formula is C16H24N2O3. The Morgan fingerprint density at radius 2 is 1.81 bits per heavy atom. The molecule has 1 rings (SSSR count). The molecule has 0 spiro atoms. The number of amides is 2. The lowest BCUT2D eigenvalue weighted by atomic mass is 10.0. The predicted molar refractivity (Wildman–Crippen MR) is 82.3 cm³/mol. The number of rotatable bonds is 6. The van der Waals surface area contributed by atoms with E-state index in [0.717, 1.165) is 12.0 Å². The summed E-state index contributed by atoms with van der Waals surface area (Å²) in [5, 5.41) is 11.8. The molecule has 116 valence electrons. The Kier molecular flexibility index (Phi) is 6.21. The maximum absolute atomic E-state index is 12.1. The molecule has 0 heterocycles. The summed E-state index contributed by atoms with van der Waals surface area (Å²) in [4.78, 5) is 24.4. The summed E-state index contributed by atoms with van der Waals surface area (Å²) < 4.78 is 0. The van der Waals surface area contributed by atoms with Gasteiger partial charge in [0.05, 0.1) is 5.56 Å². The van der Waals surface area contributed by atoms with Crippen molar-refractivity contribution in [3.63, 3.8) is 0 Å². The van der Waals surface area contributed by atoms with E-state index < -0.39 is 5.97 Å². The first kappa shape index (κ1) is 17.0. The second-order valence-corrected chi connectivity index (χ2v) is 5.48. The first-order chi connectivity index (χ1) is 9.85. The van der Waals surface area contributed by atoms with E-state index in [4.69, 9.17) is 5.11 Å². The lowest BCUT2D eigenvalue weighted by molar-refractivity contribution is 0.0697. The number of carboxylic acid groups (broad SMARTS) is 1. The largest absolute Gasteiger partial charge is 0.478 e. The van der Waals surface area contributed by atoms with Gasteiger partial charge in [0.15, 0.2) is 0 Å². The standard InChI is InChI=1S/C16H24N2O3/c1-5-11(2)12(3)17-16(21)18(4)10-13-6-8-14(9-7-13)15(19)20/h6-9,11-12H,5,10H2,1-4H3,(H,17,21)(H,19,20). The fourth-order valence-corrected chi connectivity index (χ4v) is 1.90. The van der Waals surface area contributed by atoms with Crippen molar-refractivity contribution >= 4 is 12.0 Å². The number of carbonyl (C=O) groups excluding carboxylic acids is 1. The summed E-state index contributed by atoms with van der Waals surface area (Å²) in [5.74, 6) is -0.521. The van der Waals surface area contributed by atoms with Crippen molar-refractivity contribution in [3.05, 3.63) is 35.4 Å². The highest BCUT2D eigenvalue weighted by atomic mass is 16.4. The molecule has 0 aliphatic heterocycles. The molecule has 5 nitrogen and oxygen atoms in total. The lowest BCUT2D eigenvalue weighted by Crippen LogP contribution is -2.43. The van der Waals surface area contributed by atoms with E-state index in [-0.39, 0.29) is 17.6 Å². The third-order valence-electron chi connectivity index (χ3n) is 3.82. The molecular weight excluding hydrogens is 268 g/mol. The molecule has 1 aromatic carbocycles. The van der Waals surface area contributed by atoms with Gasteiger partial charge in [-0.3, -0.25) is 0 Å². The van der Waals surface area contributed by atoms with Crippen LogP contribution in [0.5, 0.6) is 0 Å². The van der Waals surface area contributed by atoms with Crippen molar-refractivity contribution in [2.75, 3.05) is 7.05 Å². The third kappa shape index (κ3) is 5.10. The first-order valence-electron chi connectivity index (χ1n) is 7.19. The van der Waals surface area contributed by atoms with Crippen molar-refractivity contribution in [3.8, 4) is 0 Å². The quantitative estimate of drug-likeness (QED) is 0.847. The van der Waals surface area contributed by atoms with Gasteiger partial charge in [-0.25, -0.2) is 9.59 Å². The second kappa shape index (κ2) is 7.67. The summed E-state index contributed by atoms with van der Waals surface area (Å²) in [6.07, 6.45) is 1.02. The molecule has 2 unspecified atom stereocenters. The average Bonchev–Trinajstić information content (AvgIpc) is 2.46. The highest BCUT2D eigenvalue weighted by Gasteiger charge is 2.16. The maximum Gasteiger partial charge on any atom is 0.335 e. The lowest BCUT2D eigenvalue weighted by Gasteiger charge is -2.24. The van der Waals surface area contributed by atoms with Crippen LogP contribution in [0.4, 0.5) is 4.79 Å². The Morgan fingerprint density at radius 1 is 1.24 bits per heavy atom. The van der Waals surface area contributed by atoms with Crippen molar-refractivity contribution < 1.29 is 14.7 Å². The predicted octanol–water partition coefficient (Wildman–Crippen LogP) is 2.96. The summed E-state index contributed by atoms with van der Waals surface area (Å²) in [7, 11) is 1.73. The van der Waals surface area contributed by atoms with E-state index in [1.807, 2.05) is 6.92 Å². The Morgan fingerprint density at radius 3 is 2.29 bits per heavy atom. The zero-order valence-corrected chi connectivity index (χ0v) is 13.1. The molecule has 1 aromatic rings. The summed E-state index contributed by atoms with van der Waals surface area (Å²) in [6, 6.07) is 6.55. The minimum Gasteiger partial charge on any atom is -0.478 e. The van der Waals surface area contributed by atoms with Crippen LogP contribution < -0.4 is 5.32 Å². The molecule has 0 saturated carbocycles. The van der Waals surface area contributed by atoms with E-state index in [1.165, 1.54) is 0 Å². The van der Waals surface area contributed by atoms with E-state index in [9.17, 15) is 9.59 Å². The Hall–Kier alpha value is -2.04. The summed E-state index contributed by atoms with van der Waals surface area (Å²) in [5.41, 5.74) is 1.14. The summed E-state index contributed by atoms with van der Waals surface area (Å²) >= 11 is 0. The molecule has 0 aliphatic rings. The number of urea groups is 1. The van der Waals surface area contributed by atoms with Gasteiger partial charge < -0.3 is 15.3 Å². The highest BCUT2D eigenvalue weighted by Crippen LogP contribution is 2.09. The number of carboxylic acids is 1. The Balaban J connectivity index is 2.57. The molecule has 0 aliphatic carbocycles. The van der Waals surface area contributed by atoms with Crippen LogP contribution in [0.1, 0.15) is 43.1 Å². The number of hydrogen-bond acceptors (Lipinski definition) is 2. The number of nitrogens with one attached hydrogen (secondary N) is 1. The van der Waals surface area contributed by atoms with E-state index in [2.05, 4.69) is 19.2 Å². The van der Waals surface area contributed by atoms with Crippen LogP contribution in [0.2, 0.25) is 0 Å². The first-order valence-corrected chi connectivity index (χ1v) is 7.19. The van der Waals surface area contributed by atoms with Crippen molar-refractivity contribution in [1.82, 2.24) is 10.2 Å². The molecule has 0 aromatic heterocycles. The van der Waals surface area contributed by atoms with Crippen LogP contribution in [0.25, 0.3) is 0 Å². The van der Waals surface area contributed by atoms with Crippen LogP contribution in [-0.2, 0) is 6.54 Å². The topological polar surface area (TPSA) is 69.6 Å². The fraction of sp³-hybridized carbons (Fsp3) is 0.500. The molecule has 0 bridgehead atoms. The molecule has 0 fully saturated rings. The van der Waals surface area contributed by atoms with Gasteiger partial charge in [-0.05, 0) is 30.5 Å². The number of nitrogens with zero attached hydrogens (tertiary/aromatic N) is 1. The van der Waals surface area contributed by atoms with Gasteiger partial charge in [-0.15, -0.1) is 0 Å². The Labute approximate surface area is 126 Å². The van der Waals surface area contributed by atoms with Gasteiger partial charge >= 0.3 is 12.0 Å². The minimum atomic E-state index is -0.949. The second-order valence-electron chi connectivity index (χ2n) is 5.48. The van der Waals surface area contributed by atoms with Gasteiger partial charge in [0, 0.05) is 19.6 Å². The SMILES string of the molecule is CCC(C)C(C)NC(=O)N(C)Cc1ccc(C(=O)O)cc1. The van der Waals surface area contributed by atoms with Crippen LogP contribution >= 0.6 is 0 Å². The highest BCUT2D eigenvalue weighted by molar-refractivity contribution is 5.87. The normalized spacial score (nSPS) is 13.3. The third-order valence-corrected chi connectivity index (χ3v) is 3.82. The molecule has 2 N–H and O–H groups in total. The molecule has 2 atom stereocenters. The zero-order valence-electron chi connectivity index (χ0n) is 13.1. The molecule has 0 saturated heterocycles. The van der Waals surface area contributed by atoms with Crippen LogP contribution in [0.15, 0.2) is 24.3 Å². The molecule has 0 radical (unpaired) electrons. The number of benzene rings is 1. The van der Waals surface area contributed by atoms with Crippen LogP contribution in [-0.4, -0.2) is 35.1 Å². The van der Waals surface area contributed by atoms with Crippen molar-refractivity contribution in [2.24, 2.45) is 5.92 Å². The van der Waals surface area contributed by atoms with Gasteiger partial charge in [-0.1, -0.05) is 32.4 Å². The number of hydrogen-bond donors (Lipinski definition) is 2. The maximum atomic E-state index is 12.1. The van der Waals surface area contributed by atoms with Gasteiger partial charge in [0.2, 0.25) is 0 Å². The van der Waals surface area contributed by atoms with Crippen LogP contribution in [0, 0.1) is 5.92 Å². The molecule has 2 amide bonds. The van der Waals surface area contributed by atoms with Crippen molar-refractivity contribution in [1.29, 1.82) is 0 Å². The molecule has 21 heavy (non-hydrogen) atoms. The van der Waals surface area contributed by atoms with Gasteiger partial charge in [0.1, 0.15) is 0 Å². The molecule has 5 heteroatoms. The van der Waals surface area contributed by atoms with Crippen LogP contribution in [0.3, 0.4) is 0 Å². The number of aromatic carboxylic acids is 1. The van der Waals surface area contributed by atoms with E-state index in [0.29, 0.717) is 12.5 Å². The van der Waals surface area contributed by atoms with Gasteiger partial charge in [0.25, 0.3) is 0 Å². The minimum absolute atomic E-state index is 0.120. The zero-order chi connectivity index (χ0) is 16.0. The average molecular weight is 292 g/mol. The monoisotopic (exact) mass is 292 g/mol.